The van der Waals surface area contributed by atoms with Crippen LogP contribution in [0.2, 0.25) is 0 Å². The van der Waals surface area contributed by atoms with Gasteiger partial charge in [0.15, 0.2) is 0 Å². The summed E-state index contributed by atoms with van der Waals surface area (Å²) in [4.78, 5) is -0.180. The van der Waals surface area contributed by atoms with Gasteiger partial charge in [-0.25, -0.2) is 0 Å². The summed E-state index contributed by atoms with van der Waals surface area (Å²) in [5.74, 6) is 1.29. The van der Waals surface area contributed by atoms with Gasteiger partial charge in [-0.05, 0) is 60.9 Å². The fraction of sp³-hybridized carbons (Fsp3) is 0.429. The third-order valence-corrected chi connectivity index (χ3v) is 5.33. The number of benzene rings is 2. The average Bonchev–Trinajstić information content (AvgIpc) is 2.63. The molecule has 5 nitrogen and oxygen atoms in total. The summed E-state index contributed by atoms with van der Waals surface area (Å²) in [6.07, 6.45) is 9.28. The molecule has 148 valence electrons. The molecule has 0 heterocycles. The van der Waals surface area contributed by atoms with Gasteiger partial charge in [0.1, 0.15) is 17.2 Å². The van der Waals surface area contributed by atoms with Gasteiger partial charge in [0.2, 0.25) is 0 Å². The van der Waals surface area contributed by atoms with E-state index in [1.807, 2.05) is 6.07 Å². The lowest BCUT2D eigenvalue weighted by atomic mass is 10.0. The third kappa shape index (κ3) is 7.23. The van der Waals surface area contributed by atoms with Crippen LogP contribution in [-0.2, 0) is 16.5 Å². The topological polar surface area (TPSA) is 83.8 Å². The van der Waals surface area contributed by atoms with Crippen LogP contribution in [0.1, 0.15) is 57.4 Å². The number of hydrogen-bond acceptors (Lipinski definition) is 4. The zero-order valence-electron chi connectivity index (χ0n) is 15.7. The van der Waals surface area contributed by atoms with Crippen LogP contribution in [0.5, 0.6) is 17.2 Å². The van der Waals surface area contributed by atoms with E-state index in [9.17, 15) is 13.5 Å². The second kappa shape index (κ2) is 10.3. The summed E-state index contributed by atoms with van der Waals surface area (Å²) in [6, 6.07) is 10.6. The van der Waals surface area contributed by atoms with E-state index >= 15 is 0 Å². The lowest BCUT2D eigenvalue weighted by Crippen LogP contribution is -1.97. The molecule has 6 heteroatoms. The van der Waals surface area contributed by atoms with Crippen LogP contribution in [0, 0.1) is 0 Å². The maximum atomic E-state index is 11.1. The summed E-state index contributed by atoms with van der Waals surface area (Å²) in [7, 11) is -4.21. The Morgan fingerprint density at radius 2 is 1.44 bits per heavy atom. The number of hydrogen-bond donors (Lipinski definition) is 2. The average molecular weight is 393 g/mol. The highest BCUT2D eigenvalue weighted by molar-refractivity contribution is 7.85. The lowest BCUT2D eigenvalue weighted by molar-refractivity contribution is 0.455. The van der Waals surface area contributed by atoms with Gasteiger partial charge in [0.05, 0.1) is 4.90 Å². The Morgan fingerprint density at radius 1 is 0.852 bits per heavy atom. The van der Waals surface area contributed by atoms with Crippen LogP contribution in [-0.4, -0.2) is 18.1 Å². The van der Waals surface area contributed by atoms with Crippen molar-refractivity contribution in [1.82, 2.24) is 0 Å². The maximum absolute atomic E-state index is 11.1. The largest absolute Gasteiger partial charge is 0.508 e. The lowest BCUT2D eigenvalue weighted by Gasteiger charge is -2.10. The van der Waals surface area contributed by atoms with E-state index in [4.69, 9.17) is 9.29 Å². The molecule has 2 N–H and O–H groups in total. The van der Waals surface area contributed by atoms with E-state index in [1.54, 1.807) is 12.1 Å². The molecule has 0 radical (unpaired) electrons. The van der Waals surface area contributed by atoms with Gasteiger partial charge in [0.25, 0.3) is 10.1 Å². The molecule has 0 amide bonds. The number of aryl methyl sites for hydroxylation is 1. The summed E-state index contributed by atoms with van der Waals surface area (Å²) in [6.45, 7) is 2.21. The molecule has 0 fully saturated rings. The second-order valence-electron chi connectivity index (χ2n) is 6.71. The van der Waals surface area contributed by atoms with Crippen molar-refractivity contribution in [3.8, 4) is 17.2 Å². The normalized spacial score (nSPS) is 11.5. The Balaban J connectivity index is 1.90. The Morgan fingerprint density at radius 3 is 2.07 bits per heavy atom. The number of phenols is 1. The minimum absolute atomic E-state index is 0.180. The number of phenolic OH excluding ortho intramolecular Hbond substituents is 1. The quantitative estimate of drug-likeness (QED) is 0.377. The first kappa shape index (κ1) is 21.3. The van der Waals surface area contributed by atoms with Crippen molar-refractivity contribution in [2.75, 3.05) is 0 Å². The van der Waals surface area contributed by atoms with Crippen molar-refractivity contribution in [2.24, 2.45) is 0 Å². The van der Waals surface area contributed by atoms with Gasteiger partial charge < -0.3 is 9.84 Å². The molecular formula is C21H28O5S. The van der Waals surface area contributed by atoms with Gasteiger partial charge >= 0.3 is 0 Å². The number of aromatic hydroxyl groups is 1. The van der Waals surface area contributed by atoms with Crippen molar-refractivity contribution < 1.29 is 22.8 Å². The predicted octanol–water partition coefficient (Wildman–Crippen LogP) is 5.72. The highest BCUT2D eigenvalue weighted by Gasteiger charge is 2.10. The summed E-state index contributed by atoms with van der Waals surface area (Å²) in [5, 5.41) is 10.0. The fourth-order valence-corrected chi connectivity index (χ4v) is 3.39. The van der Waals surface area contributed by atoms with Gasteiger partial charge in [-0.1, -0.05) is 45.4 Å². The van der Waals surface area contributed by atoms with Gasteiger partial charge in [-0.2, -0.15) is 8.42 Å². The smallest absolute Gasteiger partial charge is 0.294 e. The minimum atomic E-state index is -4.21. The number of rotatable bonds is 11. The van der Waals surface area contributed by atoms with E-state index in [1.165, 1.54) is 56.4 Å². The monoisotopic (exact) mass is 392 g/mol. The Labute approximate surface area is 161 Å². The van der Waals surface area contributed by atoms with Crippen molar-refractivity contribution >= 4 is 10.1 Å². The van der Waals surface area contributed by atoms with Crippen molar-refractivity contribution in [3.05, 3.63) is 48.0 Å². The van der Waals surface area contributed by atoms with E-state index in [0.29, 0.717) is 11.5 Å². The Kier molecular flexibility index (Phi) is 8.13. The van der Waals surface area contributed by atoms with Crippen LogP contribution in [0.3, 0.4) is 0 Å². The van der Waals surface area contributed by atoms with Gasteiger partial charge in [-0.15, -0.1) is 0 Å². The predicted molar refractivity (Wildman–Crippen MR) is 106 cm³/mol. The summed E-state index contributed by atoms with van der Waals surface area (Å²) in [5.41, 5.74) is 0.843. The molecular weight excluding hydrogens is 364 g/mol. The third-order valence-electron chi connectivity index (χ3n) is 4.46. The summed E-state index contributed by atoms with van der Waals surface area (Å²) < 4.78 is 36.9. The van der Waals surface area contributed by atoms with Crippen LogP contribution in [0.4, 0.5) is 0 Å². The van der Waals surface area contributed by atoms with Gasteiger partial charge in [0, 0.05) is 0 Å². The molecule has 0 aliphatic rings. The molecule has 0 saturated carbocycles. The van der Waals surface area contributed by atoms with Crippen LogP contribution < -0.4 is 4.74 Å². The SMILES string of the molecule is CCCCCCCCCc1cc(Oc2ccc(S(=O)(=O)O)cc2)ccc1O. The summed E-state index contributed by atoms with van der Waals surface area (Å²) >= 11 is 0. The molecule has 0 spiro atoms. The van der Waals surface area contributed by atoms with Crippen LogP contribution in [0.25, 0.3) is 0 Å². The molecule has 0 bridgehead atoms. The molecule has 2 rings (SSSR count). The van der Waals surface area contributed by atoms with Crippen molar-refractivity contribution in [2.45, 2.75) is 63.2 Å². The molecule has 0 aliphatic heterocycles. The molecule has 27 heavy (non-hydrogen) atoms. The molecule has 0 saturated heterocycles. The Hall–Kier alpha value is -2.05. The second-order valence-corrected chi connectivity index (χ2v) is 8.13. The van der Waals surface area contributed by atoms with Crippen LogP contribution in [0.15, 0.2) is 47.4 Å². The number of ether oxygens (including phenoxy) is 1. The van der Waals surface area contributed by atoms with Crippen LogP contribution >= 0.6 is 0 Å². The minimum Gasteiger partial charge on any atom is -0.508 e. The van der Waals surface area contributed by atoms with E-state index < -0.39 is 10.1 Å². The standard InChI is InChI=1S/C21H28O5S/c1-2-3-4-5-6-7-8-9-17-16-19(12-15-21(17)22)26-18-10-13-20(14-11-18)27(23,24)25/h10-16,22H,2-9H2,1H3,(H,23,24,25). The Bertz CT molecular complexity index is 813. The number of unbranched alkanes of at least 4 members (excludes halogenated alkanes) is 6. The van der Waals surface area contributed by atoms with E-state index in [-0.39, 0.29) is 10.6 Å². The first-order valence-corrected chi connectivity index (χ1v) is 10.9. The fourth-order valence-electron chi connectivity index (χ4n) is 2.91. The van der Waals surface area contributed by atoms with E-state index in [2.05, 4.69) is 6.92 Å². The first-order valence-electron chi connectivity index (χ1n) is 9.47. The highest BCUT2D eigenvalue weighted by atomic mass is 32.2. The van der Waals surface area contributed by atoms with E-state index in [0.717, 1.165) is 24.8 Å². The van der Waals surface area contributed by atoms with Crippen molar-refractivity contribution in [1.29, 1.82) is 0 Å². The highest BCUT2D eigenvalue weighted by Crippen LogP contribution is 2.29. The molecule has 0 unspecified atom stereocenters. The molecule has 0 aliphatic carbocycles. The molecule has 0 atom stereocenters. The van der Waals surface area contributed by atoms with Crippen molar-refractivity contribution in [3.63, 3.8) is 0 Å². The zero-order chi connectivity index (χ0) is 19.7. The maximum Gasteiger partial charge on any atom is 0.294 e. The molecule has 2 aromatic carbocycles. The van der Waals surface area contributed by atoms with Gasteiger partial charge in [-0.3, -0.25) is 4.55 Å². The zero-order valence-corrected chi connectivity index (χ0v) is 16.5. The molecule has 2 aromatic rings. The first-order chi connectivity index (χ1) is 12.9. The molecule has 0 aromatic heterocycles.